The predicted molar refractivity (Wildman–Crippen MR) is 92.1 cm³/mol. The lowest BCUT2D eigenvalue weighted by atomic mass is 10.1. The number of halogens is 1. The summed E-state index contributed by atoms with van der Waals surface area (Å²) in [6.45, 7) is 0.389. The SMILES string of the molecule is C#CCOC1CCCc2oc(-c3ccccc3)c(I)c2C1. The Morgan fingerprint density at radius 1 is 1.33 bits per heavy atom. The van der Waals surface area contributed by atoms with Crippen molar-refractivity contribution >= 4 is 22.6 Å². The van der Waals surface area contributed by atoms with E-state index in [0.717, 1.165) is 42.8 Å². The van der Waals surface area contributed by atoms with Gasteiger partial charge in [-0.1, -0.05) is 36.3 Å². The van der Waals surface area contributed by atoms with Gasteiger partial charge in [0, 0.05) is 24.0 Å². The molecule has 3 heteroatoms. The maximum Gasteiger partial charge on any atom is 0.147 e. The largest absolute Gasteiger partial charge is 0.460 e. The minimum absolute atomic E-state index is 0.206. The standard InChI is InChI=1S/C18H17IO2/c1-2-11-20-14-9-6-10-16-15(12-14)17(19)18(21-16)13-7-4-3-5-8-13/h1,3-5,7-8,14H,6,9-12H2. The molecule has 1 unspecified atom stereocenters. The molecule has 0 fully saturated rings. The molecule has 2 aromatic rings. The minimum Gasteiger partial charge on any atom is -0.460 e. The summed E-state index contributed by atoms with van der Waals surface area (Å²) < 4.78 is 13.1. The first-order chi connectivity index (χ1) is 10.3. The molecule has 1 heterocycles. The molecular weight excluding hydrogens is 375 g/mol. The van der Waals surface area contributed by atoms with Crippen LogP contribution in [0.2, 0.25) is 0 Å². The van der Waals surface area contributed by atoms with Crippen LogP contribution < -0.4 is 0 Å². The third kappa shape index (κ3) is 3.17. The smallest absolute Gasteiger partial charge is 0.147 e. The molecule has 0 saturated heterocycles. The Hall–Kier alpha value is -1.25. The van der Waals surface area contributed by atoms with E-state index in [4.69, 9.17) is 15.6 Å². The molecule has 108 valence electrons. The Labute approximate surface area is 139 Å². The van der Waals surface area contributed by atoms with E-state index in [1.807, 2.05) is 18.2 Å². The van der Waals surface area contributed by atoms with Crippen molar-refractivity contribution in [1.82, 2.24) is 0 Å². The van der Waals surface area contributed by atoms with Crippen LogP contribution in [-0.4, -0.2) is 12.7 Å². The monoisotopic (exact) mass is 392 g/mol. The van der Waals surface area contributed by atoms with E-state index in [1.54, 1.807) is 0 Å². The Morgan fingerprint density at radius 2 is 2.14 bits per heavy atom. The van der Waals surface area contributed by atoms with Gasteiger partial charge in [-0.05, 0) is 35.4 Å². The summed E-state index contributed by atoms with van der Waals surface area (Å²) in [6, 6.07) is 10.3. The van der Waals surface area contributed by atoms with Crippen LogP contribution in [0.25, 0.3) is 11.3 Å². The average molecular weight is 392 g/mol. The van der Waals surface area contributed by atoms with E-state index in [0.29, 0.717) is 6.61 Å². The molecule has 0 radical (unpaired) electrons. The Kier molecular flexibility index (Phi) is 4.67. The summed E-state index contributed by atoms with van der Waals surface area (Å²) in [5.41, 5.74) is 2.44. The molecule has 0 aliphatic heterocycles. The maximum atomic E-state index is 6.15. The second-order valence-corrected chi connectivity index (χ2v) is 6.33. The summed E-state index contributed by atoms with van der Waals surface area (Å²) in [5, 5.41) is 0. The molecule has 0 spiro atoms. The van der Waals surface area contributed by atoms with Crippen LogP contribution in [0.4, 0.5) is 0 Å². The van der Waals surface area contributed by atoms with Crippen molar-refractivity contribution in [2.24, 2.45) is 0 Å². The van der Waals surface area contributed by atoms with Gasteiger partial charge in [0.25, 0.3) is 0 Å². The first-order valence-electron chi connectivity index (χ1n) is 7.20. The molecule has 3 rings (SSSR count). The highest BCUT2D eigenvalue weighted by molar-refractivity contribution is 14.1. The lowest BCUT2D eigenvalue weighted by Gasteiger charge is -2.13. The van der Waals surface area contributed by atoms with Crippen LogP contribution in [-0.2, 0) is 17.6 Å². The summed E-state index contributed by atoms with van der Waals surface area (Å²) >= 11 is 2.40. The van der Waals surface area contributed by atoms with Gasteiger partial charge in [0.1, 0.15) is 18.1 Å². The number of aryl methyl sites for hydroxylation is 1. The zero-order chi connectivity index (χ0) is 14.7. The number of hydrogen-bond acceptors (Lipinski definition) is 2. The number of terminal acetylenes is 1. The predicted octanol–water partition coefficient (Wildman–Crippen LogP) is 4.45. The number of benzene rings is 1. The van der Waals surface area contributed by atoms with Gasteiger partial charge in [0.05, 0.1) is 9.67 Å². The zero-order valence-corrected chi connectivity index (χ0v) is 13.9. The number of furan rings is 1. The molecule has 21 heavy (non-hydrogen) atoms. The molecule has 1 aliphatic rings. The Bertz CT molecular complexity index is 652. The lowest BCUT2D eigenvalue weighted by Crippen LogP contribution is -2.15. The van der Waals surface area contributed by atoms with Gasteiger partial charge in [-0.15, -0.1) is 6.42 Å². The summed E-state index contributed by atoms with van der Waals surface area (Å²) in [7, 11) is 0. The Morgan fingerprint density at radius 3 is 2.90 bits per heavy atom. The van der Waals surface area contributed by atoms with Gasteiger partial charge < -0.3 is 9.15 Å². The fourth-order valence-electron chi connectivity index (χ4n) is 2.80. The maximum absolute atomic E-state index is 6.15. The first-order valence-corrected chi connectivity index (χ1v) is 8.28. The fraction of sp³-hybridized carbons (Fsp3) is 0.333. The van der Waals surface area contributed by atoms with E-state index < -0.39 is 0 Å². The fourth-order valence-corrected chi connectivity index (χ4v) is 3.74. The van der Waals surface area contributed by atoms with E-state index in [1.165, 1.54) is 9.13 Å². The highest BCUT2D eigenvalue weighted by Crippen LogP contribution is 2.36. The van der Waals surface area contributed by atoms with E-state index in [2.05, 4.69) is 40.6 Å². The topological polar surface area (TPSA) is 22.4 Å². The van der Waals surface area contributed by atoms with Crippen LogP contribution in [0, 0.1) is 15.9 Å². The first kappa shape index (κ1) is 14.7. The second kappa shape index (κ2) is 6.67. The molecule has 1 aromatic heterocycles. The second-order valence-electron chi connectivity index (χ2n) is 5.25. The number of hydrogen-bond donors (Lipinski definition) is 0. The van der Waals surface area contributed by atoms with Gasteiger partial charge in [0.2, 0.25) is 0 Å². The zero-order valence-electron chi connectivity index (χ0n) is 11.8. The molecule has 2 nitrogen and oxygen atoms in total. The molecule has 0 saturated carbocycles. The van der Waals surface area contributed by atoms with Crippen molar-refractivity contribution in [1.29, 1.82) is 0 Å². The highest BCUT2D eigenvalue weighted by Gasteiger charge is 2.25. The van der Waals surface area contributed by atoms with Crippen LogP contribution >= 0.6 is 22.6 Å². The van der Waals surface area contributed by atoms with Gasteiger partial charge in [-0.3, -0.25) is 0 Å². The summed E-state index contributed by atoms with van der Waals surface area (Å²) in [5.74, 6) is 4.66. The number of rotatable bonds is 3. The highest BCUT2D eigenvalue weighted by atomic mass is 127. The van der Waals surface area contributed by atoms with Crippen molar-refractivity contribution in [3.63, 3.8) is 0 Å². The third-order valence-corrected chi connectivity index (χ3v) is 4.97. The quantitative estimate of drug-likeness (QED) is 0.438. The normalized spacial score (nSPS) is 17.8. The molecular formula is C18H17IO2. The van der Waals surface area contributed by atoms with Crippen molar-refractivity contribution in [2.75, 3.05) is 6.61 Å². The van der Waals surface area contributed by atoms with Gasteiger partial charge in [-0.25, -0.2) is 0 Å². The van der Waals surface area contributed by atoms with Crippen LogP contribution in [0.1, 0.15) is 24.2 Å². The van der Waals surface area contributed by atoms with E-state index in [9.17, 15) is 0 Å². The summed E-state index contributed by atoms with van der Waals surface area (Å²) in [4.78, 5) is 0. The third-order valence-electron chi connectivity index (χ3n) is 3.83. The van der Waals surface area contributed by atoms with Crippen LogP contribution in [0.3, 0.4) is 0 Å². The van der Waals surface area contributed by atoms with Crippen molar-refractivity contribution in [3.05, 3.63) is 45.2 Å². The average Bonchev–Trinajstić information content (AvgIpc) is 2.71. The van der Waals surface area contributed by atoms with Gasteiger partial charge in [0.15, 0.2) is 0 Å². The number of ether oxygens (including phenoxy) is 1. The molecule has 1 atom stereocenters. The molecule has 0 amide bonds. The summed E-state index contributed by atoms with van der Waals surface area (Å²) in [6.07, 6.45) is 9.50. The number of fused-ring (bicyclic) bond motifs is 1. The molecule has 0 bridgehead atoms. The lowest BCUT2D eigenvalue weighted by molar-refractivity contribution is 0.0720. The van der Waals surface area contributed by atoms with Crippen molar-refractivity contribution in [3.8, 4) is 23.7 Å². The van der Waals surface area contributed by atoms with E-state index >= 15 is 0 Å². The van der Waals surface area contributed by atoms with Gasteiger partial charge in [-0.2, -0.15) is 0 Å². The van der Waals surface area contributed by atoms with Gasteiger partial charge >= 0.3 is 0 Å². The van der Waals surface area contributed by atoms with Crippen molar-refractivity contribution in [2.45, 2.75) is 31.8 Å². The minimum atomic E-state index is 0.206. The molecule has 1 aromatic carbocycles. The molecule has 1 aliphatic carbocycles. The van der Waals surface area contributed by atoms with E-state index in [-0.39, 0.29) is 6.10 Å². The Balaban J connectivity index is 1.91. The van der Waals surface area contributed by atoms with Crippen molar-refractivity contribution < 1.29 is 9.15 Å². The molecule has 0 N–H and O–H groups in total. The van der Waals surface area contributed by atoms with Crippen LogP contribution in [0.15, 0.2) is 34.7 Å². The van der Waals surface area contributed by atoms with Crippen LogP contribution in [0.5, 0.6) is 0 Å².